The molecule has 1 aliphatic heterocycles. The summed E-state index contributed by atoms with van der Waals surface area (Å²) in [6.07, 6.45) is 1.85. The first kappa shape index (κ1) is 19.9. The van der Waals surface area contributed by atoms with Gasteiger partial charge >= 0.3 is 0 Å². The fourth-order valence-electron chi connectivity index (χ4n) is 2.19. The second kappa shape index (κ2) is 10.6. The molecule has 2 unspecified atom stereocenters. The fourth-order valence-corrected chi connectivity index (χ4v) is 2.19. The third-order valence-corrected chi connectivity index (χ3v) is 3.21. The predicted octanol–water partition coefficient (Wildman–Crippen LogP) is 1.68. The maximum Gasteiger partial charge on any atom is 0.191 e. The first-order valence-corrected chi connectivity index (χ1v) is 7.29. The molecule has 0 spiro atoms. The number of nitrogens with two attached hydrogens (primary N) is 1. The summed E-state index contributed by atoms with van der Waals surface area (Å²) < 4.78 is 5.38. The van der Waals surface area contributed by atoms with E-state index in [1.54, 1.807) is 0 Å². The largest absolute Gasteiger partial charge is 0.389 e. The summed E-state index contributed by atoms with van der Waals surface area (Å²) in [6, 6.07) is 0. The Morgan fingerprint density at radius 3 is 2.75 bits per heavy atom. The maximum atomic E-state index is 9.76. The first-order chi connectivity index (χ1) is 8.99. The van der Waals surface area contributed by atoms with E-state index in [1.165, 1.54) is 6.42 Å². The number of hydrogen-bond acceptors (Lipinski definition) is 3. The highest BCUT2D eigenvalue weighted by molar-refractivity contribution is 14.0. The average Bonchev–Trinajstić information content (AvgIpc) is 2.35. The lowest BCUT2D eigenvalue weighted by Crippen LogP contribution is -2.44. The van der Waals surface area contributed by atoms with Crippen molar-refractivity contribution in [1.82, 2.24) is 4.90 Å². The lowest BCUT2D eigenvalue weighted by Gasteiger charge is -2.31. The van der Waals surface area contributed by atoms with Crippen molar-refractivity contribution in [3.8, 4) is 0 Å². The van der Waals surface area contributed by atoms with Crippen molar-refractivity contribution in [1.29, 1.82) is 0 Å². The number of aliphatic hydroxyl groups excluding tert-OH is 1. The Hall–Kier alpha value is -0.0800. The summed E-state index contributed by atoms with van der Waals surface area (Å²) in [5.74, 6) is 1.70. The fraction of sp³-hybridized carbons (Fsp3) is 0.929. The molecule has 6 heteroatoms. The van der Waals surface area contributed by atoms with E-state index < -0.39 is 6.10 Å². The Balaban J connectivity index is 0.00000361. The first-order valence-electron chi connectivity index (χ1n) is 7.29. The summed E-state index contributed by atoms with van der Waals surface area (Å²) in [4.78, 5) is 6.38. The normalized spacial score (nSPS) is 21.8. The molecule has 0 saturated carbocycles. The number of aliphatic hydroxyl groups is 1. The van der Waals surface area contributed by atoms with Crippen LogP contribution in [0.3, 0.4) is 0 Å². The quantitative estimate of drug-likeness (QED) is 0.405. The molecule has 1 fully saturated rings. The van der Waals surface area contributed by atoms with Crippen LogP contribution in [-0.2, 0) is 4.74 Å². The molecule has 0 radical (unpaired) electrons. The van der Waals surface area contributed by atoms with Gasteiger partial charge in [0.15, 0.2) is 5.96 Å². The molecule has 1 saturated heterocycles. The van der Waals surface area contributed by atoms with Crippen molar-refractivity contribution in [3.63, 3.8) is 0 Å². The average molecular weight is 399 g/mol. The van der Waals surface area contributed by atoms with Crippen LogP contribution in [0.25, 0.3) is 0 Å². The highest BCUT2D eigenvalue weighted by Crippen LogP contribution is 2.14. The summed E-state index contributed by atoms with van der Waals surface area (Å²) in [5.41, 5.74) is 5.96. The standard InChI is InChI=1S/C14H29N3O2.HI/c1-11(2)9-19-10-13(18)7-16-14(15)17-6-4-5-12(3)8-17;/h11-13,18H,4-10H2,1-3H3,(H2,15,16);1H. The molecule has 5 nitrogen and oxygen atoms in total. The van der Waals surface area contributed by atoms with E-state index in [4.69, 9.17) is 10.5 Å². The number of ether oxygens (including phenoxy) is 1. The Kier molecular flexibility index (Phi) is 10.6. The van der Waals surface area contributed by atoms with Gasteiger partial charge in [-0.2, -0.15) is 0 Å². The molecule has 20 heavy (non-hydrogen) atoms. The number of guanidine groups is 1. The molecule has 0 bridgehead atoms. The molecule has 3 N–H and O–H groups in total. The molecule has 1 rings (SSSR count). The maximum absolute atomic E-state index is 9.76. The van der Waals surface area contributed by atoms with Gasteiger partial charge in [-0.15, -0.1) is 24.0 Å². The zero-order valence-corrected chi connectivity index (χ0v) is 15.2. The predicted molar refractivity (Wildman–Crippen MR) is 93.5 cm³/mol. The highest BCUT2D eigenvalue weighted by atomic mass is 127. The summed E-state index contributed by atoms with van der Waals surface area (Å²) in [6.45, 7) is 9.64. The van der Waals surface area contributed by atoms with Crippen LogP contribution in [0.1, 0.15) is 33.6 Å². The minimum Gasteiger partial charge on any atom is -0.389 e. The van der Waals surface area contributed by atoms with Gasteiger partial charge in [0, 0.05) is 19.7 Å². The third kappa shape index (κ3) is 8.26. The lowest BCUT2D eigenvalue weighted by atomic mass is 10.0. The van der Waals surface area contributed by atoms with Crippen LogP contribution in [0, 0.1) is 11.8 Å². The molecular formula is C14H30IN3O2. The minimum absolute atomic E-state index is 0. The van der Waals surface area contributed by atoms with Gasteiger partial charge in [-0.05, 0) is 24.7 Å². The van der Waals surface area contributed by atoms with E-state index in [-0.39, 0.29) is 24.0 Å². The number of likely N-dealkylation sites (tertiary alicyclic amines) is 1. The second-order valence-corrected chi connectivity index (χ2v) is 5.98. The molecule has 0 aromatic carbocycles. The number of nitrogens with zero attached hydrogens (tertiary/aromatic N) is 2. The Morgan fingerprint density at radius 2 is 2.15 bits per heavy atom. The Bertz CT molecular complexity index is 288. The summed E-state index contributed by atoms with van der Waals surface area (Å²) in [7, 11) is 0. The lowest BCUT2D eigenvalue weighted by molar-refractivity contribution is 0.0300. The highest BCUT2D eigenvalue weighted by Gasteiger charge is 2.17. The van der Waals surface area contributed by atoms with E-state index in [0.29, 0.717) is 37.6 Å². The number of rotatable bonds is 6. The van der Waals surface area contributed by atoms with Gasteiger partial charge in [-0.1, -0.05) is 20.8 Å². The Labute approximate surface area is 140 Å². The minimum atomic E-state index is -0.570. The van der Waals surface area contributed by atoms with E-state index >= 15 is 0 Å². The second-order valence-electron chi connectivity index (χ2n) is 5.98. The van der Waals surface area contributed by atoms with Gasteiger partial charge in [-0.25, -0.2) is 0 Å². The molecule has 0 amide bonds. The van der Waals surface area contributed by atoms with Gasteiger partial charge in [0.05, 0.1) is 19.3 Å². The van der Waals surface area contributed by atoms with Crippen molar-refractivity contribution in [2.75, 3.05) is 32.8 Å². The molecule has 0 aliphatic carbocycles. The molecule has 0 aromatic heterocycles. The van der Waals surface area contributed by atoms with Crippen molar-refractivity contribution < 1.29 is 9.84 Å². The SMILES string of the molecule is CC(C)COCC(O)CN=C(N)N1CCCC(C)C1.I. The van der Waals surface area contributed by atoms with Crippen LogP contribution in [0.5, 0.6) is 0 Å². The van der Waals surface area contributed by atoms with Gasteiger partial charge in [0.25, 0.3) is 0 Å². The number of halogens is 1. The smallest absolute Gasteiger partial charge is 0.191 e. The molecular weight excluding hydrogens is 369 g/mol. The molecule has 0 aromatic rings. The van der Waals surface area contributed by atoms with Gasteiger partial charge in [0.1, 0.15) is 0 Å². The zero-order valence-electron chi connectivity index (χ0n) is 12.9. The van der Waals surface area contributed by atoms with Gasteiger partial charge in [0.2, 0.25) is 0 Å². The summed E-state index contributed by atoms with van der Waals surface area (Å²) >= 11 is 0. The zero-order chi connectivity index (χ0) is 14.3. The monoisotopic (exact) mass is 399 g/mol. The van der Waals surface area contributed by atoms with Crippen molar-refractivity contribution in [3.05, 3.63) is 0 Å². The van der Waals surface area contributed by atoms with Gasteiger partial charge in [-0.3, -0.25) is 4.99 Å². The van der Waals surface area contributed by atoms with E-state index in [2.05, 4.69) is 30.7 Å². The molecule has 1 heterocycles. The van der Waals surface area contributed by atoms with E-state index in [9.17, 15) is 5.11 Å². The Morgan fingerprint density at radius 1 is 1.45 bits per heavy atom. The van der Waals surface area contributed by atoms with Crippen LogP contribution in [0.15, 0.2) is 4.99 Å². The van der Waals surface area contributed by atoms with Crippen LogP contribution in [-0.4, -0.2) is 54.9 Å². The summed E-state index contributed by atoms with van der Waals surface area (Å²) in [5, 5.41) is 9.76. The van der Waals surface area contributed by atoms with Crippen LogP contribution < -0.4 is 5.73 Å². The van der Waals surface area contributed by atoms with Crippen LogP contribution >= 0.6 is 24.0 Å². The van der Waals surface area contributed by atoms with Crippen molar-refractivity contribution in [2.24, 2.45) is 22.6 Å². The van der Waals surface area contributed by atoms with E-state index in [1.807, 2.05) is 0 Å². The van der Waals surface area contributed by atoms with Crippen molar-refractivity contribution >= 4 is 29.9 Å². The van der Waals surface area contributed by atoms with E-state index in [0.717, 1.165) is 19.5 Å². The molecule has 120 valence electrons. The van der Waals surface area contributed by atoms with Crippen molar-refractivity contribution in [2.45, 2.75) is 39.7 Å². The topological polar surface area (TPSA) is 71.1 Å². The molecule has 1 aliphatic rings. The number of hydrogen-bond donors (Lipinski definition) is 2. The third-order valence-electron chi connectivity index (χ3n) is 3.21. The molecule has 2 atom stereocenters. The van der Waals surface area contributed by atoms with Crippen LogP contribution in [0.2, 0.25) is 0 Å². The number of aliphatic imine (C=N–C) groups is 1. The number of piperidine rings is 1. The van der Waals surface area contributed by atoms with Gasteiger partial charge < -0.3 is 20.5 Å². The van der Waals surface area contributed by atoms with Crippen LogP contribution in [0.4, 0.5) is 0 Å².